The minimum absolute atomic E-state index is 0.259. The lowest BCUT2D eigenvalue weighted by Gasteiger charge is -2.18. The summed E-state index contributed by atoms with van der Waals surface area (Å²) in [6, 6.07) is 8.16. The molecule has 2 rings (SSSR count). The van der Waals surface area contributed by atoms with E-state index in [1.807, 2.05) is 18.2 Å². The molecular weight excluding hydrogens is 254 g/mol. The van der Waals surface area contributed by atoms with Gasteiger partial charge in [-0.15, -0.1) is 0 Å². The average Bonchev–Trinajstić information content (AvgIpc) is 2.64. The zero-order chi connectivity index (χ0) is 10.8. The molecule has 0 spiro atoms. The van der Waals surface area contributed by atoms with Crippen molar-refractivity contribution in [3.05, 3.63) is 28.2 Å². The molecule has 1 saturated heterocycles. The summed E-state index contributed by atoms with van der Waals surface area (Å²) >= 11 is 3.41. The van der Waals surface area contributed by atoms with Gasteiger partial charge < -0.3 is 10.6 Å². The fourth-order valence-electron chi connectivity index (χ4n) is 1.84. The highest BCUT2D eigenvalue weighted by molar-refractivity contribution is 9.10. The topological polar surface area (TPSA) is 53.0 Å². The molecule has 1 fully saturated rings. The Labute approximate surface area is 97.6 Å². The van der Waals surface area contributed by atoms with E-state index in [4.69, 9.17) is 11.0 Å². The van der Waals surface area contributed by atoms with E-state index in [2.05, 4.69) is 26.9 Å². The monoisotopic (exact) mass is 265 g/mol. The first-order valence-corrected chi connectivity index (χ1v) is 5.69. The summed E-state index contributed by atoms with van der Waals surface area (Å²) in [5.74, 6) is 0. The first-order chi connectivity index (χ1) is 7.19. The predicted octanol–water partition coefficient (Wildman–Crippen LogP) is 1.86. The number of nitrogens with two attached hydrogens (primary N) is 1. The Hall–Kier alpha value is -1.05. The maximum absolute atomic E-state index is 8.87. The Morgan fingerprint density at radius 3 is 2.87 bits per heavy atom. The molecule has 4 heteroatoms. The molecule has 2 N–H and O–H groups in total. The normalized spacial score (nSPS) is 20.3. The van der Waals surface area contributed by atoms with E-state index < -0.39 is 0 Å². The summed E-state index contributed by atoms with van der Waals surface area (Å²) in [6.07, 6.45) is 1.02. The van der Waals surface area contributed by atoms with E-state index in [0.717, 1.165) is 29.7 Å². The molecule has 3 nitrogen and oxygen atoms in total. The summed E-state index contributed by atoms with van der Waals surface area (Å²) in [7, 11) is 0. The Kier molecular flexibility index (Phi) is 2.94. The lowest BCUT2D eigenvalue weighted by molar-refractivity contribution is 0.752. The first-order valence-electron chi connectivity index (χ1n) is 4.90. The highest BCUT2D eigenvalue weighted by Gasteiger charge is 2.19. The van der Waals surface area contributed by atoms with Crippen molar-refractivity contribution < 1.29 is 0 Å². The number of hydrogen-bond donors (Lipinski definition) is 1. The third-order valence-electron chi connectivity index (χ3n) is 2.60. The maximum atomic E-state index is 8.87. The van der Waals surface area contributed by atoms with Crippen molar-refractivity contribution in [1.29, 1.82) is 5.26 Å². The second-order valence-electron chi connectivity index (χ2n) is 3.80. The highest BCUT2D eigenvalue weighted by atomic mass is 79.9. The highest BCUT2D eigenvalue weighted by Crippen LogP contribution is 2.25. The van der Waals surface area contributed by atoms with E-state index in [-0.39, 0.29) is 6.04 Å². The molecule has 1 heterocycles. The van der Waals surface area contributed by atoms with Gasteiger partial charge >= 0.3 is 0 Å². The van der Waals surface area contributed by atoms with Crippen LogP contribution in [0, 0.1) is 11.3 Å². The predicted molar refractivity (Wildman–Crippen MR) is 63.7 cm³/mol. The van der Waals surface area contributed by atoms with Crippen molar-refractivity contribution in [2.24, 2.45) is 5.73 Å². The zero-order valence-corrected chi connectivity index (χ0v) is 9.87. The van der Waals surface area contributed by atoms with Gasteiger partial charge in [-0.1, -0.05) is 15.9 Å². The van der Waals surface area contributed by atoms with Crippen LogP contribution in [-0.2, 0) is 0 Å². The number of nitrogens with zero attached hydrogens (tertiary/aromatic N) is 2. The van der Waals surface area contributed by atoms with Crippen LogP contribution in [0.2, 0.25) is 0 Å². The van der Waals surface area contributed by atoms with Crippen molar-refractivity contribution in [2.75, 3.05) is 18.0 Å². The molecule has 1 unspecified atom stereocenters. The molecule has 0 aromatic heterocycles. The number of nitriles is 1. The third-order valence-corrected chi connectivity index (χ3v) is 3.06. The van der Waals surface area contributed by atoms with Gasteiger partial charge in [0.2, 0.25) is 0 Å². The second kappa shape index (κ2) is 4.21. The molecular formula is C11H12BrN3. The molecule has 0 bridgehead atoms. The fourth-order valence-corrected chi connectivity index (χ4v) is 2.32. The van der Waals surface area contributed by atoms with Gasteiger partial charge in [-0.2, -0.15) is 5.26 Å². The molecule has 15 heavy (non-hydrogen) atoms. The van der Waals surface area contributed by atoms with Gasteiger partial charge in [0, 0.05) is 29.3 Å². The molecule has 1 aromatic carbocycles. The summed E-state index contributed by atoms with van der Waals surface area (Å²) < 4.78 is 0.942. The van der Waals surface area contributed by atoms with E-state index in [9.17, 15) is 0 Å². The number of anilines is 1. The lowest BCUT2D eigenvalue weighted by Crippen LogP contribution is -2.26. The molecule has 0 radical (unpaired) electrons. The number of halogens is 1. The average molecular weight is 266 g/mol. The minimum atomic E-state index is 0.259. The van der Waals surface area contributed by atoms with Crippen molar-refractivity contribution >= 4 is 21.6 Å². The summed E-state index contributed by atoms with van der Waals surface area (Å²) in [4.78, 5) is 2.22. The van der Waals surface area contributed by atoms with Crippen LogP contribution in [0.3, 0.4) is 0 Å². The van der Waals surface area contributed by atoms with E-state index >= 15 is 0 Å². The van der Waals surface area contributed by atoms with Crippen molar-refractivity contribution in [1.82, 2.24) is 0 Å². The fraction of sp³-hybridized carbons (Fsp3) is 0.364. The summed E-state index contributed by atoms with van der Waals surface area (Å²) in [5.41, 5.74) is 7.61. The summed E-state index contributed by atoms with van der Waals surface area (Å²) in [5, 5.41) is 8.87. The Morgan fingerprint density at radius 1 is 1.47 bits per heavy atom. The van der Waals surface area contributed by atoms with Gasteiger partial charge in [0.25, 0.3) is 0 Å². The molecule has 1 aromatic rings. The molecule has 1 aliphatic rings. The van der Waals surface area contributed by atoms with Crippen LogP contribution in [0.1, 0.15) is 12.0 Å². The van der Waals surface area contributed by atoms with E-state index in [1.165, 1.54) is 0 Å². The van der Waals surface area contributed by atoms with Crippen LogP contribution in [0.5, 0.6) is 0 Å². The SMILES string of the molecule is N#Cc1cc(Br)cc(N2CCC(N)C2)c1. The molecule has 0 aliphatic carbocycles. The first kappa shape index (κ1) is 10.5. The van der Waals surface area contributed by atoms with Crippen LogP contribution in [0.25, 0.3) is 0 Å². The number of hydrogen-bond acceptors (Lipinski definition) is 3. The van der Waals surface area contributed by atoms with E-state index in [1.54, 1.807) is 0 Å². The minimum Gasteiger partial charge on any atom is -0.370 e. The third kappa shape index (κ3) is 2.31. The van der Waals surface area contributed by atoms with Crippen LogP contribution >= 0.6 is 15.9 Å². The Bertz CT molecular complexity index is 411. The zero-order valence-electron chi connectivity index (χ0n) is 8.28. The van der Waals surface area contributed by atoms with Crippen LogP contribution in [-0.4, -0.2) is 19.1 Å². The Morgan fingerprint density at radius 2 is 2.27 bits per heavy atom. The van der Waals surface area contributed by atoms with Gasteiger partial charge in [0.1, 0.15) is 0 Å². The molecule has 0 amide bonds. The van der Waals surface area contributed by atoms with Gasteiger partial charge in [-0.3, -0.25) is 0 Å². The quantitative estimate of drug-likeness (QED) is 0.844. The van der Waals surface area contributed by atoms with Crippen LogP contribution in [0.15, 0.2) is 22.7 Å². The molecule has 0 saturated carbocycles. The van der Waals surface area contributed by atoms with E-state index in [0.29, 0.717) is 5.56 Å². The molecule has 78 valence electrons. The summed E-state index contributed by atoms with van der Waals surface area (Å²) in [6.45, 7) is 1.85. The maximum Gasteiger partial charge on any atom is 0.0992 e. The molecule has 1 aliphatic heterocycles. The molecule has 1 atom stereocenters. The second-order valence-corrected chi connectivity index (χ2v) is 4.72. The van der Waals surface area contributed by atoms with Crippen LogP contribution in [0.4, 0.5) is 5.69 Å². The lowest BCUT2D eigenvalue weighted by atomic mass is 10.2. The van der Waals surface area contributed by atoms with Crippen LogP contribution < -0.4 is 10.6 Å². The van der Waals surface area contributed by atoms with Gasteiger partial charge in [-0.25, -0.2) is 0 Å². The number of rotatable bonds is 1. The van der Waals surface area contributed by atoms with Gasteiger partial charge in [0.05, 0.1) is 11.6 Å². The van der Waals surface area contributed by atoms with Crippen molar-refractivity contribution in [3.63, 3.8) is 0 Å². The Balaban J connectivity index is 2.29. The number of benzene rings is 1. The van der Waals surface area contributed by atoms with Crippen molar-refractivity contribution in [3.8, 4) is 6.07 Å². The van der Waals surface area contributed by atoms with Crippen molar-refractivity contribution in [2.45, 2.75) is 12.5 Å². The van der Waals surface area contributed by atoms with Gasteiger partial charge in [-0.05, 0) is 24.6 Å². The van der Waals surface area contributed by atoms with Gasteiger partial charge in [0.15, 0.2) is 0 Å². The largest absolute Gasteiger partial charge is 0.370 e. The standard InChI is InChI=1S/C11H12BrN3/c12-9-3-8(6-13)4-11(5-9)15-2-1-10(14)7-15/h3-5,10H,1-2,7,14H2. The smallest absolute Gasteiger partial charge is 0.0992 e.